The third-order valence-electron chi connectivity index (χ3n) is 3.84. The maximum Gasteiger partial charge on any atom is 0.335 e. The van der Waals surface area contributed by atoms with Gasteiger partial charge in [-0.1, -0.05) is 18.2 Å². The number of amides is 1. The molecule has 0 aromatic heterocycles. The van der Waals surface area contributed by atoms with Crippen LogP contribution in [0.1, 0.15) is 29.8 Å². The van der Waals surface area contributed by atoms with Crippen LogP contribution < -0.4 is 16.2 Å². The van der Waals surface area contributed by atoms with E-state index in [9.17, 15) is 14.4 Å². The second-order valence-electron chi connectivity index (χ2n) is 5.54. The van der Waals surface area contributed by atoms with E-state index in [0.717, 1.165) is 0 Å². The van der Waals surface area contributed by atoms with Crippen molar-refractivity contribution >= 4 is 17.8 Å². The Morgan fingerprint density at radius 3 is 2.62 bits per heavy atom. The molecular formula is C16H21N3O5. The molecule has 1 aromatic rings. The van der Waals surface area contributed by atoms with Crippen LogP contribution in [0.4, 0.5) is 0 Å². The van der Waals surface area contributed by atoms with E-state index in [4.69, 9.17) is 9.84 Å². The molecule has 0 bridgehead atoms. The van der Waals surface area contributed by atoms with E-state index >= 15 is 0 Å². The number of hydrogen-bond acceptors (Lipinski definition) is 6. The molecule has 0 spiro atoms. The maximum absolute atomic E-state index is 12.3. The van der Waals surface area contributed by atoms with Crippen LogP contribution in [0.5, 0.6) is 0 Å². The molecule has 8 nitrogen and oxygen atoms in total. The van der Waals surface area contributed by atoms with E-state index < -0.39 is 24.0 Å². The van der Waals surface area contributed by atoms with Gasteiger partial charge in [-0.15, -0.1) is 0 Å². The van der Waals surface area contributed by atoms with Crippen LogP contribution in [-0.4, -0.2) is 41.8 Å². The third-order valence-corrected chi connectivity index (χ3v) is 3.84. The second-order valence-corrected chi connectivity index (χ2v) is 5.54. The van der Waals surface area contributed by atoms with Gasteiger partial charge in [-0.05, 0) is 25.5 Å². The number of carboxylic acids is 1. The highest BCUT2D eigenvalue weighted by Crippen LogP contribution is 2.16. The predicted octanol–water partition coefficient (Wildman–Crippen LogP) is 0.0452. The largest absolute Gasteiger partial charge is 0.478 e. The van der Waals surface area contributed by atoms with Gasteiger partial charge in [0.1, 0.15) is 12.1 Å². The molecule has 1 aliphatic heterocycles. The molecule has 1 amide bonds. The maximum atomic E-state index is 12.3. The van der Waals surface area contributed by atoms with E-state index in [1.165, 1.54) is 6.07 Å². The van der Waals surface area contributed by atoms with Gasteiger partial charge >= 0.3 is 11.9 Å². The first-order chi connectivity index (χ1) is 11.4. The molecule has 1 fully saturated rings. The van der Waals surface area contributed by atoms with Crippen molar-refractivity contribution in [2.24, 2.45) is 5.92 Å². The number of carbonyl (C=O) groups is 3. The summed E-state index contributed by atoms with van der Waals surface area (Å²) < 4.78 is 5.03. The Bertz CT molecular complexity index is 634. The van der Waals surface area contributed by atoms with Crippen molar-refractivity contribution in [3.63, 3.8) is 0 Å². The lowest BCUT2D eigenvalue weighted by molar-refractivity contribution is -0.149. The Hall–Kier alpha value is -2.45. The van der Waals surface area contributed by atoms with E-state index in [0.29, 0.717) is 5.56 Å². The number of carboxylic acid groups (broad SMARTS) is 1. The Labute approximate surface area is 139 Å². The summed E-state index contributed by atoms with van der Waals surface area (Å²) in [5.74, 6) is -2.44. The first-order valence-electron chi connectivity index (χ1n) is 7.72. The van der Waals surface area contributed by atoms with Gasteiger partial charge in [0.15, 0.2) is 0 Å². The molecule has 1 heterocycles. The Kier molecular flexibility index (Phi) is 5.88. The van der Waals surface area contributed by atoms with Gasteiger partial charge in [0.25, 0.3) is 0 Å². The number of aromatic carboxylic acids is 1. The van der Waals surface area contributed by atoms with Crippen LogP contribution in [0.3, 0.4) is 0 Å². The van der Waals surface area contributed by atoms with Crippen molar-refractivity contribution in [2.75, 3.05) is 6.61 Å². The summed E-state index contributed by atoms with van der Waals surface area (Å²) >= 11 is 0. The summed E-state index contributed by atoms with van der Waals surface area (Å²) in [6.45, 7) is 3.78. The Morgan fingerprint density at radius 1 is 1.25 bits per heavy atom. The number of hydrogen-bond donors (Lipinski definition) is 4. The second kappa shape index (κ2) is 7.89. The molecule has 8 heteroatoms. The van der Waals surface area contributed by atoms with Crippen LogP contribution in [0.25, 0.3) is 0 Å². The molecular weight excluding hydrogens is 314 g/mol. The van der Waals surface area contributed by atoms with Crippen LogP contribution in [-0.2, 0) is 20.7 Å². The summed E-state index contributed by atoms with van der Waals surface area (Å²) in [4.78, 5) is 35.5. The predicted molar refractivity (Wildman–Crippen MR) is 84.9 cm³/mol. The van der Waals surface area contributed by atoms with Crippen molar-refractivity contribution in [3.8, 4) is 0 Å². The summed E-state index contributed by atoms with van der Waals surface area (Å²) in [7, 11) is 0. The number of hydrazine groups is 1. The minimum absolute atomic E-state index is 0.0838. The van der Waals surface area contributed by atoms with Crippen LogP contribution in [0.2, 0.25) is 0 Å². The number of rotatable bonds is 6. The molecule has 0 saturated carbocycles. The number of ether oxygens (including phenoxy) is 1. The van der Waals surface area contributed by atoms with Gasteiger partial charge in [0.2, 0.25) is 5.91 Å². The van der Waals surface area contributed by atoms with Crippen molar-refractivity contribution in [1.29, 1.82) is 0 Å². The number of nitrogens with one attached hydrogen (secondary N) is 3. The van der Waals surface area contributed by atoms with E-state index in [2.05, 4.69) is 16.2 Å². The van der Waals surface area contributed by atoms with Crippen molar-refractivity contribution in [1.82, 2.24) is 16.2 Å². The molecule has 3 atom stereocenters. The van der Waals surface area contributed by atoms with E-state index in [1.54, 1.807) is 32.0 Å². The monoisotopic (exact) mass is 335 g/mol. The van der Waals surface area contributed by atoms with Gasteiger partial charge in [0.05, 0.1) is 18.6 Å². The Morgan fingerprint density at radius 2 is 1.96 bits per heavy atom. The topological polar surface area (TPSA) is 117 Å². The molecule has 0 radical (unpaired) electrons. The zero-order valence-electron chi connectivity index (χ0n) is 13.5. The lowest BCUT2D eigenvalue weighted by Gasteiger charge is -2.20. The standard InChI is InChI=1S/C16H21N3O5/c1-3-24-16(23)13-9(2)18-19-14(13)17-12(20)8-10-6-4-5-7-11(10)15(21)22/h4-7,9,13-14,18-19H,3,8H2,1-2H3,(H,17,20)(H,21,22). The zero-order chi connectivity index (χ0) is 17.7. The van der Waals surface area contributed by atoms with Crippen molar-refractivity contribution in [2.45, 2.75) is 32.5 Å². The van der Waals surface area contributed by atoms with Crippen LogP contribution >= 0.6 is 0 Å². The smallest absolute Gasteiger partial charge is 0.335 e. The number of carbonyl (C=O) groups excluding carboxylic acids is 2. The fraction of sp³-hybridized carbons (Fsp3) is 0.438. The average molecular weight is 335 g/mol. The van der Waals surface area contributed by atoms with Gasteiger partial charge in [-0.25, -0.2) is 10.2 Å². The molecule has 2 rings (SSSR count). The quantitative estimate of drug-likeness (QED) is 0.543. The molecule has 24 heavy (non-hydrogen) atoms. The third kappa shape index (κ3) is 4.09. The minimum atomic E-state index is -1.09. The summed E-state index contributed by atoms with van der Waals surface area (Å²) in [5, 5.41) is 11.9. The van der Waals surface area contributed by atoms with E-state index in [1.807, 2.05) is 0 Å². The molecule has 1 aromatic carbocycles. The van der Waals surface area contributed by atoms with Crippen molar-refractivity contribution < 1.29 is 24.2 Å². The SMILES string of the molecule is CCOC(=O)C1C(C)NNC1NC(=O)Cc1ccccc1C(=O)O. The first kappa shape index (κ1) is 17.9. The van der Waals surface area contributed by atoms with Crippen LogP contribution in [0.15, 0.2) is 24.3 Å². The van der Waals surface area contributed by atoms with Gasteiger partial charge in [-0.3, -0.25) is 15.0 Å². The normalized spacial score (nSPS) is 22.8. The number of benzene rings is 1. The lowest BCUT2D eigenvalue weighted by atomic mass is 10.00. The minimum Gasteiger partial charge on any atom is -0.478 e. The molecule has 130 valence electrons. The molecule has 4 N–H and O–H groups in total. The molecule has 0 aliphatic carbocycles. The van der Waals surface area contributed by atoms with Crippen LogP contribution in [0, 0.1) is 5.92 Å². The highest BCUT2D eigenvalue weighted by atomic mass is 16.5. The molecule has 3 unspecified atom stereocenters. The average Bonchev–Trinajstić information content (AvgIpc) is 2.88. The molecule has 1 aliphatic rings. The van der Waals surface area contributed by atoms with Crippen molar-refractivity contribution in [3.05, 3.63) is 35.4 Å². The van der Waals surface area contributed by atoms with E-state index in [-0.39, 0.29) is 30.5 Å². The highest BCUT2D eigenvalue weighted by molar-refractivity contribution is 5.91. The summed E-state index contributed by atoms with van der Waals surface area (Å²) in [5.41, 5.74) is 6.24. The van der Waals surface area contributed by atoms with Gasteiger partial charge in [0, 0.05) is 6.04 Å². The number of esters is 1. The van der Waals surface area contributed by atoms with Gasteiger partial charge < -0.3 is 15.2 Å². The first-order valence-corrected chi connectivity index (χ1v) is 7.72. The molecule has 1 saturated heterocycles. The lowest BCUT2D eigenvalue weighted by Crippen LogP contribution is -2.49. The summed E-state index contributed by atoms with van der Waals surface area (Å²) in [6, 6.07) is 6.11. The van der Waals surface area contributed by atoms with Gasteiger partial charge in [-0.2, -0.15) is 0 Å². The zero-order valence-corrected chi connectivity index (χ0v) is 13.5. The fourth-order valence-electron chi connectivity index (χ4n) is 2.67. The highest BCUT2D eigenvalue weighted by Gasteiger charge is 2.40. The fourth-order valence-corrected chi connectivity index (χ4v) is 2.67. The summed E-state index contributed by atoms with van der Waals surface area (Å²) in [6.07, 6.45) is -0.714. The Balaban J connectivity index is 2.04.